The number of hydrogen-bond acceptors (Lipinski definition) is 4. The number of carbonyl (C=O) groups excluding carboxylic acids is 1. The summed E-state index contributed by atoms with van der Waals surface area (Å²) in [5.74, 6) is 0.879. The summed E-state index contributed by atoms with van der Waals surface area (Å²) in [5, 5.41) is 6.85. The van der Waals surface area contributed by atoms with E-state index in [0.29, 0.717) is 35.2 Å². The largest absolute Gasteiger partial charge is 0.490 e. The van der Waals surface area contributed by atoms with Crippen LogP contribution in [0.1, 0.15) is 43.4 Å². The smallest absolute Gasteiger partial charge is 0.171 e. The van der Waals surface area contributed by atoms with Crippen LogP contribution in [0.25, 0.3) is 0 Å². The molecule has 0 radical (unpaired) electrons. The number of hydrogen-bond donors (Lipinski definition) is 2. The number of carbonyl (C=O) groups is 1. The van der Waals surface area contributed by atoms with E-state index in [4.69, 9.17) is 21.7 Å². The molecule has 0 saturated carbocycles. The molecular weight excluding hydrogens is 403 g/mol. The molecule has 2 aromatic rings. The maximum atomic E-state index is 13.9. The first-order chi connectivity index (χ1) is 14.6. The highest BCUT2D eigenvalue weighted by Crippen LogP contribution is 2.37. The number of allylic oxidation sites excluding steroid dienone is 1. The quantitative estimate of drug-likeness (QED) is 0.671. The zero-order chi connectivity index (χ0) is 21.1. The topological polar surface area (TPSA) is 59.6 Å². The molecule has 4 rings (SSSR count). The Bertz CT molecular complexity index is 1020. The monoisotopic (exact) mass is 426 g/mol. The second-order valence-corrected chi connectivity index (χ2v) is 7.63. The van der Waals surface area contributed by atoms with Crippen LogP contribution in [0.2, 0.25) is 0 Å². The Kier molecular flexibility index (Phi) is 5.99. The standard InChI is InChI=1S/C23H23FN2O3S/c1-2-28-20-12-14(10-11-19(20)29-13-15-6-3-4-7-16(15)24)22-21-17(25-23(30)26-22)8-5-9-18(21)27/h3-4,6-7,10-12,22H,2,5,8-9,13H2,1H3,(H2,25,26,30). The van der Waals surface area contributed by atoms with Gasteiger partial charge in [0, 0.05) is 23.3 Å². The highest BCUT2D eigenvalue weighted by atomic mass is 32.1. The van der Waals surface area contributed by atoms with Gasteiger partial charge in [-0.25, -0.2) is 4.39 Å². The van der Waals surface area contributed by atoms with Crippen LogP contribution >= 0.6 is 12.2 Å². The Morgan fingerprint density at radius 1 is 1.13 bits per heavy atom. The van der Waals surface area contributed by atoms with Crippen molar-refractivity contribution in [3.05, 3.63) is 70.7 Å². The first-order valence-electron chi connectivity index (χ1n) is 10.0. The minimum absolute atomic E-state index is 0.0928. The highest BCUT2D eigenvalue weighted by molar-refractivity contribution is 7.80. The lowest BCUT2D eigenvalue weighted by atomic mass is 9.85. The molecule has 1 atom stereocenters. The molecule has 1 unspecified atom stereocenters. The Morgan fingerprint density at radius 2 is 1.97 bits per heavy atom. The molecule has 1 heterocycles. The Morgan fingerprint density at radius 3 is 2.77 bits per heavy atom. The lowest BCUT2D eigenvalue weighted by molar-refractivity contribution is -0.116. The molecule has 0 saturated heterocycles. The van der Waals surface area contributed by atoms with Crippen molar-refractivity contribution < 1.29 is 18.7 Å². The average molecular weight is 427 g/mol. The van der Waals surface area contributed by atoms with E-state index in [1.165, 1.54) is 6.07 Å². The predicted molar refractivity (Wildman–Crippen MR) is 116 cm³/mol. The van der Waals surface area contributed by atoms with Crippen molar-refractivity contribution in [2.45, 2.75) is 38.8 Å². The lowest BCUT2D eigenvalue weighted by Gasteiger charge is -2.34. The van der Waals surface area contributed by atoms with Crippen LogP contribution in [0.5, 0.6) is 11.5 Å². The van der Waals surface area contributed by atoms with Gasteiger partial charge in [-0.3, -0.25) is 4.79 Å². The minimum Gasteiger partial charge on any atom is -0.490 e. The summed E-state index contributed by atoms with van der Waals surface area (Å²) in [7, 11) is 0. The third-order valence-electron chi connectivity index (χ3n) is 5.23. The summed E-state index contributed by atoms with van der Waals surface area (Å²) >= 11 is 5.35. The van der Waals surface area contributed by atoms with Gasteiger partial charge in [0.15, 0.2) is 22.4 Å². The van der Waals surface area contributed by atoms with Crippen LogP contribution < -0.4 is 20.1 Å². The third kappa shape index (κ3) is 4.16. The average Bonchev–Trinajstić information content (AvgIpc) is 2.73. The van der Waals surface area contributed by atoms with Gasteiger partial charge in [-0.05, 0) is 55.7 Å². The Balaban J connectivity index is 1.63. The molecule has 7 heteroatoms. The molecule has 0 bridgehead atoms. The molecule has 2 aliphatic rings. The summed E-state index contributed by atoms with van der Waals surface area (Å²) in [5.41, 5.74) is 2.97. The summed E-state index contributed by atoms with van der Waals surface area (Å²) in [6, 6.07) is 11.7. The molecule has 0 amide bonds. The number of halogens is 1. The maximum Gasteiger partial charge on any atom is 0.171 e. The van der Waals surface area contributed by atoms with Crippen molar-refractivity contribution in [1.29, 1.82) is 0 Å². The van der Waals surface area contributed by atoms with Crippen molar-refractivity contribution in [2.75, 3.05) is 6.61 Å². The van der Waals surface area contributed by atoms with Gasteiger partial charge in [-0.15, -0.1) is 0 Å². The van der Waals surface area contributed by atoms with E-state index in [9.17, 15) is 9.18 Å². The SMILES string of the molecule is CCOc1cc(C2NC(=S)NC3=C2C(=O)CCC3)ccc1OCc1ccccc1F. The molecular formula is C23H23FN2O3S. The molecule has 1 aliphatic carbocycles. The summed E-state index contributed by atoms with van der Waals surface area (Å²) in [6.07, 6.45) is 2.17. The van der Waals surface area contributed by atoms with Crippen molar-refractivity contribution >= 4 is 23.1 Å². The lowest BCUT2D eigenvalue weighted by Crippen LogP contribution is -2.46. The molecule has 0 aromatic heterocycles. The van der Waals surface area contributed by atoms with Crippen LogP contribution in [-0.2, 0) is 11.4 Å². The molecule has 156 valence electrons. The third-order valence-corrected chi connectivity index (χ3v) is 5.45. The van der Waals surface area contributed by atoms with Gasteiger partial charge in [0.25, 0.3) is 0 Å². The summed E-state index contributed by atoms with van der Waals surface area (Å²) in [4.78, 5) is 12.6. The molecule has 5 nitrogen and oxygen atoms in total. The number of benzene rings is 2. The zero-order valence-electron chi connectivity index (χ0n) is 16.7. The maximum absolute atomic E-state index is 13.9. The number of rotatable bonds is 6. The van der Waals surface area contributed by atoms with Crippen molar-refractivity contribution in [1.82, 2.24) is 10.6 Å². The normalized spacial score (nSPS) is 18.4. The first kappa shape index (κ1) is 20.3. The van der Waals surface area contributed by atoms with E-state index in [2.05, 4.69) is 10.6 Å². The Labute approximate surface area is 180 Å². The van der Waals surface area contributed by atoms with Crippen LogP contribution in [0.3, 0.4) is 0 Å². The minimum atomic E-state index is -0.332. The zero-order valence-corrected chi connectivity index (χ0v) is 17.5. The van der Waals surface area contributed by atoms with Crippen molar-refractivity contribution in [3.63, 3.8) is 0 Å². The summed E-state index contributed by atoms with van der Waals surface area (Å²) < 4.78 is 25.5. The van der Waals surface area contributed by atoms with Gasteiger partial charge < -0.3 is 20.1 Å². The van der Waals surface area contributed by atoms with Gasteiger partial charge in [0.2, 0.25) is 0 Å². The highest BCUT2D eigenvalue weighted by Gasteiger charge is 2.33. The van der Waals surface area contributed by atoms with Crippen molar-refractivity contribution in [3.8, 4) is 11.5 Å². The van der Waals surface area contributed by atoms with E-state index in [0.717, 1.165) is 29.7 Å². The number of thiocarbonyl (C=S) groups is 1. The van der Waals surface area contributed by atoms with Gasteiger partial charge in [0.1, 0.15) is 12.4 Å². The number of Topliss-reactive ketones (excluding diaryl/α,β-unsaturated/α-hetero) is 1. The molecule has 0 spiro atoms. The molecule has 0 fully saturated rings. The van der Waals surface area contributed by atoms with Gasteiger partial charge in [-0.1, -0.05) is 24.3 Å². The van der Waals surface area contributed by atoms with E-state index >= 15 is 0 Å². The Hall–Kier alpha value is -2.93. The van der Waals surface area contributed by atoms with Crippen LogP contribution in [-0.4, -0.2) is 17.5 Å². The van der Waals surface area contributed by atoms with E-state index in [1.54, 1.807) is 24.3 Å². The predicted octanol–water partition coefficient (Wildman–Crippen LogP) is 4.33. The molecule has 2 aromatic carbocycles. The van der Waals surface area contributed by atoms with Gasteiger partial charge in [-0.2, -0.15) is 0 Å². The van der Waals surface area contributed by atoms with Gasteiger partial charge >= 0.3 is 0 Å². The summed E-state index contributed by atoms with van der Waals surface area (Å²) in [6.45, 7) is 2.43. The molecule has 2 N–H and O–H groups in total. The van der Waals surface area contributed by atoms with E-state index in [1.807, 2.05) is 19.1 Å². The number of nitrogens with one attached hydrogen (secondary N) is 2. The van der Waals surface area contributed by atoms with Crippen LogP contribution in [0.4, 0.5) is 4.39 Å². The van der Waals surface area contributed by atoms with Gasteiger partial charge in [0.05, 0.1) is 12.6 Å². The molecule has 30 heavy (non-hydrogen) atoms. The van der Waals surface area contributed by atoms with Crippen LogP contribution in [0, 0.1) is 5.82 Å². The second kappa shape index (κ2) is 8.83. The fraction of sp³-hybridized carbons (Fsp3) is 0.304. The first-order valence-corrected chi connectivity index (χ1v) is 10.4. The fourth-order valence-corrected chi connectivity index (χ4v) is 4.06. The van der Waals surface area contributed by atoms with Crippen LogP contribution in [0.15, 0.2) is 53.7 Å². The van der Waals surface area contributed by atoms with Crippen molar-refractivity contribution in [2.24, 2.45) is 0 Å². The number of ketones is 1. The van der Waals surface area contributed by atoms with E-state index in [-0.39, 0.29) is 24.2 Å². The second-order valence-electron chi connectivity index (χ2n) is 7.22. The molecule has 1 aliphatic heterocycles. The number of ether oxygens (including phenoxy) is 2. The van der Waals surface area contributed by atoms with E-state index < -0.39 is 0 Å². The fourth-order valence-electron chi connectivity index (χ4n) is 3.82.